The fourth-order valence-corrected chi connectivity index (χ4v) is 3.89. The molecular weight excluding hydrogens is 310 g/mol. The van der Waals surface area contributed by atoms with Crippen molar-refractivity contribution in [1.82, 2.24) is 5.32 Å². The molecule has 1 aliphatic heterocycles. The maximum absolute atomic E-state index is 5.47. The lowest BCUT2D eigenvalue weighted by molar-refractivity contribution is 0.134. The van der Waals surface area contributed by atoms with Gasteiger partial charge in [0.05, 0.1) is 23.0 Å². The molecule has 2 nitrogen and oxygen atoms in total. The molecule has 1 aliphatic rings. The van der Waals surface area contributed by atoms with Crippen LogP contribution in [0.15, 0.2) is 34.1 Å². The van der Waals surface area contributed by atoms with E-state index in [0.29, 0.717) is 0 Å². The van der Waals surface area contributed by atoms with Crippen LogP contribution in [-0.2, 0) is 18.0 Å². The minimum atomic E-state index is 0.257. The zero-order valence-electron chi connectivity index (χ0n) is 10.1. The molecule has 1 unspecified atom stereocenters. The van der Waals surface area contributed by atoms with E-state index >= 15 is 0 Å². The highest BCUT2D eigenvalue weighted by Gasteiger charge is 2.17. The van der Waals surface area contributed by atoms with Crippen LogP contribution in [0.2, 0.25) is 0 Å². The molecule has 3 rings (SSSR count). The summed E-state index contributed by atoms with van der Waals surface area (Å²) in [4.78, 5) is 1.32. The largest absolute Gasteiger partial charge is 0.372 e. The lowest BCUT2D eigenvalue weighted by Crippen LogP contribution is -2.16. The molecule has 0 aliphatic carbocycles. The van der Waals surface area contributed by atoms with Crippen LogP contribution in [0, 0.1) is 0 Å². The van der Waals surface area contributed by atoms with Gasteiger partial charge in [-0.1, -0.05) is 18.2 Å². The molecule has 1 atom stereocenters. The van der Waals surface area contributed by atoms with Crippen molar-refractivity contribution in [3.63, 3.8) is 0 Å². The molecule has 0 saturated heterocycles. The second-order valence-electron chi connectivity index (χ2n) is 4.38. The third-order valence-corrected chi connectivity index (χ3v) is 4.93. The lowest BCUT2D eigenvalue weighted by atomic mass is 10.0. The molecular formula is C14H14BrNOS. The van der Waals surface area contributed by atoms with Gasteiger partial charge in [-0.05, 0) is 51.8 Å². The second kappa shape index (κ2) is 5.13. The standard InChI is InChI=1S/C14H14BrNOS/c1-16-14(12-4-5-13(15)18-12)9-2-3-10-7-17-8-11(10)6-9/h2-6,14,16H,7-8H2,1H3. The van der Waals surface area contributed by atoms with Gasteiger partial charge in [-0.25, -0.2) is 0 Å². The van der Waals surface area contributed by atoms with E-state index in [2.05, 4.69) is 51.6 Å². The van der Waals surface area contributed by atoms with Crippen molar-refractivity contribution in [2.24, 2.45) is 0 Å². The summed E-state index contributed by atoms with van der Waals surface area (Å²) in [6.07, 6.45) is 0. The number of rotatable bonds is 3. The van der Waals surface area contributed by atoms with Crippen LogP contribution in [0.1, 0.15) is 27.6 Å². The van der Waals surface area contributed by atoms with E-state index in [4.69, 9.17) is 4.74 Å². The van der Waals surface area contributed by atoms with Gasteiger partial charge in [0.1, 0.15) is 0 Å². The first-order valence-corrected chi connectivity index (χ1v) is 7.51. The van der Waals surface area contributed by atoms with Crippen LogP contribution in [-0.4, -0.2) is 7.05 Å². The first kappa shape index (κ1) is 12.4. The number of thiophene rings is 1. The summed E-state index contributed by atoms with van der Waals surface area (Å²) in [6, 6.07) is 11.2. The van der Waals surface area contributed by atoms with Crippen LogP contribution in [0.25, 0.3) is 0 Å². The van der Waals surface area contributed by atoms with Crippen molar-refractivity contribution in [1.29, 1.82) is 0 Å². The molecule has 0 amide bonds. The number of hydrogen-bond acceptors (Lipinski definition) is 3. The van der Waals surface area contributed by atoms with E-state index in [9.17, 15) is 0 Å². The number of fused-ring (bicyclic) bond motifs is 1. The minimum absolute atomic E-state index is 0.257. The summed E-state index contributed by atoms with van der Waals surface area (Å²) in [5.41, 5.74) is 3.94. The van der Waals surface area contributed by atoms with Gasteiger partial charge in [0.15, 0.2) is 0 Å². The summed E-state index contributed by atoms with van der Waals surface area (Å²) in [5.74, 6) is 0. The molecule has 0 fully saturated rings. The number of benzene rings is 1. The molecule has 4 heteroatoms. The van der Waals surface area contributed by atoms with E-state index in [0.717, 1.165) is 13.2 Å². The Morgan fingerprint density at radius 2 is 2.06 bits per heavy atom. The van der Waals surface area contributed by atoms with Gasteiger partial charge in [-0.3, -0.25) is 0 Å². The summed E-state index contributed by atoms with van der Waals surface area (Å²) < 4.78 is 6.64. The predicted octanol–water partition coefficient (Wildman–Crippen LogP) is 3.85. The van der Waals surface area contributed by atoms with Gasteiger partial charge in [-0.15, -0.1) is 11.3 Å². The third-order valence-electron chi connectivity index (χ3n) is 3.25. The zero-order valence-corrected chi connectivity index (χ0v) is 12.5. The quantitative estimate of drug-likeness (QED) is 0.926. The lowest BCUT2D eigenvalue weighted by Gasteiger charge is -2.16. The minimum Gasteiger partial charge on any atom is -0.372 e. The molecule has 2 heterocycles. The van der Waals surface area contributed by atoms with Crippen LogP contribution < -0.4 is 5.32 Å². The summed E-state index contributed by atoms with van der Waals surface area (Å²) in [7, 11) is 2.00. The number of nitrogens with one attached hydrogen (secondary N) is 1. The van der Waals surface area contributed by atoms with Crippen molar-refractivity contribution >= 4 is 27.3 Å². The molecule has 0 radical (unpaired) electrons. The molecule has 0 bridgehead atoms. The van der Waals surface area contributed by atoms with Crippen molar-refractivity contribution in [3.05, 3.63) is 55.7 Å². The molecule has 0 saturated carbocycles. The highest BCUT2D eigenvalue weighted by Crippen LogP contribution is 2.32. The Labute approximate surface area is 119 Å². The third kappa shape index (κ3) is 2.26. The molecule has 94 valence electrons. The Bertz CT molecular complexity index is 567. The average Bonchev–Trinajstić information content (AvgIpc) is 2.99. The summed E-state index contributed by atoms with van der Waals surface area (Å²) >= 11 is 5.29. The smallest absolute Gasteiger partial charge is 0.0725 e. The van der Waals surface area contributed by atoms with Crippen molar-refractivity contribution in [2.45, 2.75) is 19.3 Å². The van der Waals surface area contributed by atoms with Crippen LogP contribution >= 0.6 is 27.3 Å². The maximum atomic E-state index is 5.47. The van der Waals surface area contributed by atoms with Crippen LogP contribution in [0.3, 0.4) is 0 Å². The molecule has 18 heavy (non-hydrogen) atoms. The normalized spacial score (nSPS) is 15.7. The summed E-state index contributed by atoms with van der Waals surface area (Å²) in [6.45, 7) is 1.50. The Morgan fingerprint density at radius 1 is 1.22 bits per heavy atom. The van der Waals surface area contributed by atoms with Crippen LogP contribution in [0.4, 0.5) is 0 Å². The van der Waals surface area contributed by atoms with E-state index in [1.807, 2.05) is 7.05 Å². The fraction of sp³-hybridized carbons (Fsp3) is 0.286. The topological polar surface area (TPSA) is 21.3 Å². The first-order chi connectivity index (χ1) is 8.78. The van der Waals surface area contributed by atoms with Gasteiger partial charge < -0.3 is 10.1 Å². The highest BCUT2D eigenvalue weighted by molar-refractivity contribution is 9.11. The molecule has 1 aromatic heterocycles. The Kier molecular flexibility index (Phi) is 3.52. The molecule has 2 aromatic rings. The van der Waals surface area contributed by atoms with Crippen LogP contribution in [0.5, 0.6) is 0 Å². The predicted molar refractivity (Wildman–Crippen MR) is 77.9 cm³/mol. The van der Waals surface area contributed by atoms with E-state index in [1.54, 1.807) is 11.3 Å². The van der Waals surface area contributed by atoms with E-state index in [-0.39, 0.29) is 6.04 Å². The first-order valence-electron chi connectivity index (χ1n) is 5.90. The Hall–Kier alpha value is -0.680. The Balaban J connectivity index is 1.96. The number of halogens is 1. The van der Waals surface area contributed by atoms with Gasteiger partial charge in [-0.2, -0.15) is 0 Å². The SMILES string of the molecule is CNC(c1ccc2c(c1)COC2)c1ccc(Br)s1. The summed E-state index contributed by atoms with van der Waals surface area (Å²) in [5, 5.41) is 3.39. The van der Waals surface area contributed by atoms with Crippen molar-refractivity contribution in [3.8, 4) is 0 Å². The average molecular weight is 324 g/mol. The van der Waals surface area contributed by atoms with E-state index < -0.39 is 0 Å². The number of hydrogen-bond donors (Lipinski definition) is 1. The molecule has 0 spiro atoms. The molecule has 1 N–H and O–H groups in total. The fourth-order valence-electron chi connectivity index (χ4n) is 2.33. The highest BCUT2D eigenvalue weighted by atomic mass is 79.9. The van der Waals surface area contributed by atoms with Gasteiger partial charge in [0.2, 0.25) is 0 Å². The van der Waals surface area contributed by atoms with Crippen molar-refractivity contribution < 1.29 is 4.74 Å². The second-order valence-corrected chi connectivity index (χ2v) is 6.88. The van der Waals surface area contributed by atoms with E-state index in [1.165, 1.54) is 25.4 Å². The van der Waals surface area contributed by atoms with Crippen molar-refractivity contribution in [2.75, 3.05) is 7.05 Å². The monoisotopic (exact) mass is 323 g/mol. The number of ether oxygens (including phenoxy) is 1. The maximum Gasteiger partial charge on any atom is 0.0725 e. The van der Waals surface area contributed by atoms with Gasteiger partial charge in [0, 0.05) is 4.88 Å². The zero-order chi connectivity index (χ0) is 12.5. The Morgan fingerprint density at radius 3 is 2.78 bits per heavy atom. The van der Waals surface area contributed by atoms with Gasteiger partial charge >= 0.3 is 0 Å². The molecule has 1 aromatic carbocycles. The van der Waals surface area contributed by atoms with Gasteiger partial charge in [0.25, 0.3) is 0 Å².